The van der Waals surface area contributed by atoms with Crippen LogP contribution in [0, 0.1) is 28.6 Å². The average Bonchev–Trinajstić information content (AvgIpc) is 3.78. The lowest BCUT2D eigenvalue weighted by molar-refractivity contribution is -0.136. The third kappa shape index (κ3) is 8.27. The summed E-state index contributed by atoms with van der Waals surface area (Å²) >= 11 is 0. The zero-order chi connectivity index (χ0) is 43.0. The fourth-order valence-corrected chi connectivity index (χ4v) is 8.86. The predicted molar refractivity (Wildman–Crippen MR) is 227 cm³/mol. The molecule has 3 aromatic carbocycles. The number of carbonyl (C=O) groups is 4. The van der Waals surface area contributed by atoms with Crippen molar-refractivity contribution in [1.82, 2.24) is 40.4 Å². The number of benzene rings is 3. The van der Waals surface area contributed by atoms with E-state index < -0.39 is 30.3 Å². The summed E-state index contributed by atoms with van der Waals surface area (Å²) in [6, 6.07) is 21.1. The Morgan fingerprint density at radius 3 is 1.98 bits per heavy atom. The topological polar surface area (TPSA) is 198 Å². The maximum Gasteiger partial charge on any atom is 0.407 e. The summed E-state index contributed by atoms with van der Waals surface area (Å²) in [6.45, 7) is 6.55. The van der Waals surface area contributed by atoms with E-state index in [0.29, 0.717) is 25.2 Å². The number of likely N-dealkylation sites (tertiary alicyclic amines) is 2. The van der Waals surface area contributed by atoms with Gasteiger partial charge in [0.05, 0.1) is 62.1 Å². The molecule has 5 atom stereocenters. The van der Waals surface area contributed by atoms with Gasteiger partial charge >= 0.3 is 12.2 Å². The Balaban J connectivity index is 0.960. The number of H-pyrrole nitrogens is 2. The van der Waals surface area contributed by atoms with Gasteiger partial charge in [-0.1, -0.05) is 69.3 Å². The molecule has 61 heavy (non-hydrogen) atoms. The number of carbonyl (C=O) groups excluding carboxylic acids is 4. The summed E-state index contributed by atoms with van der Waals surface area (Å²) in [7, 11) is 2.55. The van der Waals surface area contributed by atoms with E-state index in [4.69, 9.17) is 14.5 Å². The van der Waals surface area contributed by atoms with Gasteiger partial charge in [0.25, 0.3) is 0 Å². The number of ether oxygens (including phenoxy) is 2. The fourth-order valence-electron chi connectivity index (χ4n) is 8.86. The largest absolute Gasteiger partial charge is 0.453 e. The second-order valence-corrected chi connectivity index (χ2v) is 16.9. The number of fused-ring (bicyclic) bond motifs is 1. The van der Waals surface area contributed by atoms with Crippen LogP contribution in [0.4, 0.5) is 9.59 Å². The second-order valence-electron chi connectivity index (χ2n) is 16.9. The number of aromatic amines is 2. The van der Waals surface area contributed by atoms with Crippen molar-refractivity contribution in [1.29, 1.82) is 5.26 Å². The number of nitriles is 1. The average molecular weight is 826 g/mol. The third-order valence-corrected chi connectivity index (χ3v) is 12.6. The molecular weight excluding hydrogens is 775 g/mol. The number of amides is 4. The van der Waals surface area contributed by atoms with Crippen LogP contribution in [0.25, 0.3) is 44.4 Å². The number of alkyl carbamates (subject to hydrolysis) is 2. The molecular formula is C46H51N9O6. The zero-order valence-electron chi connectivity index (χ0n) is 35.0. The van der Waals surface area contributed by atoms with E-state index in [0.717, 1.165) is 69.5 Å². The van der Waals surface area contributed by atoms with Crippen LogP contribution in [0.1, 0.15) is 76.6 Å². The summed E-state index contributed by atoms with van der Waals surface area (Å²) in [4.78, 5) is 71.3. The van der Waals surface area contributed by atoms with Crippen molar-refractivity contribution in [3.05, 3.63) is 84.7 Å². The molecule has 1 aliphatic carbocycles. The maximum atomic E-state index is 13.9. The number of nitrogens with one attached hydrogen (secondary N) is 4. The highest BCUT2D eigenvalue weighted by atomic mass is 16.5. The van der Waals surface area contributed by atoms with Crippen LogP contribution in [0.2, 0.25) is 0 Å². The molecule has 2 aromatic heterocycles. The molecule has 4 N–H and O–H groups in total. The van der Waals surface area contributed by atoms with E-state index in [9.17, 15) is 24.4 Å². The molecule has 0 bridgehead atoms. The molecule has 4 heterocycles. The van der Waals surface area contributed by atoms with E-state index >= 15 is 0 Å². The van der Waals surface area contributed by atoms with Crippen molar-refractivity contribution in [3.63, 3.8) is 0 Å². The van der Waals surface area contributed by atoms with Crippen LogP contribution in [-0.2, 0) is 19.1 Å². The molecule has 1 unspecified atom stereocenters. The van der Waals surface area contributed by atoms with Gasteiger partial charge in [0.1, 0.15) is 23.7 Å². The summed E-state index contributed by atoms with van der Waals surface area (Å²) in [6.07, 6.45) is 6.08. The molecule has 0 radical (unpaired) electrons. The lowest BCUT2D eigenvalue weighted by Gasteiger charge is -2.30. The van der Waals surface area contributed by atoms with Gasteiger partial charge in [0, 0.05) is 18.7 Å². The zero-order valence-corrected chi connectivity index (χ0v) is 35.0. The number of hydrogen-bond acceptors (Lipinski definition) is 9. The summed E-state index contributed by atoms with van der Waals surface area (Å²) in [5.74, 6) is 0.474. The molecule has 8 rings (SSSR count). The first-order valence-electron chi connectivity index (χ1n) is 20.9. The van der Waals surface area contributed by atoms with Crippen molar-refractivity contribution in [2.24, 2.45) is 17.3 Å². The Kier molecular flexibility index (Phi) is 11.3. The minimum atomic E-state index is -0.777. The van der Waals surface area contributed by atoms with Crippen molar-refractivity contribution in [2.45, 2.75) is 77.0 Å². The molecule has 1 spiro atoms. The number of imidazole rings is 2. The first-order valence-corrected chi connectivity index (χ1v) is 20.9. The summed E-state index contributed by atoms with van der Waals surface area (Å²) in [5.41, 5.74) is 5.82. The van der Waals surface area contributed by atoms with Crippen LogP contribution in [0.15, 0.2) is 73.1 Å². The highest BCUT2D eigenvalue weighted by Crippen LogP contribution is 2.58. The number of hydrogen-bond donors (Lipinski definition) is 4. The van der Waals surface area contributed by atoms with Gasteiger partial charge in [-0.3, -0.25) is 9.59 Å². The van der Waals surface area contributed by atoms with Crippen LogP contribution in [0.5, 0.6) is 0 Å². The van der Waals surface area contributed by atoms with Gasteiger partial charge in [-0.05, 0) is 83.0 Å². The lowest BCUT2D eigenvalue weighted by Crippen LogP contribution is -2.51. The molecule has 3 aliphatic rings. The first kappa shape index (κ1) is 41.1. The van der Waals surface area contributed by atoms with E-state index in [2.05, 4.69) is 86.3 Å². The fraction of sp³-hybridized carbons (Fsp3) is 0.413. The van der Waals surface area contributed by atoms with Gasteiger partial charge in [-0.25, -0.2) is 19.6 Å². The highest BCUT2D eigenvalue weighted by Gasteiger charge is 2.55. The number of rotatable bonds is 11. The second kappa shape index (κ2) is 16.8. The SMILES string of the molecule is CC[C@H](NC(=O)OC)C(=O)N1C[C@@H](C#N)CC1c1ncc(-c2ccc3cc(-c4ccc(-c5cnc([C@@H]6CC7(CC7)CN6C(=O)[C@@H](NC(=O)OC)C(C)C)[nH]5)cc4)ccc3c2)[nH]1. The quantitative estimate of drug-likeness (QED) is 0.106. The van der Waals surface area contributed by atoms with Gasteiger partial charge in [0.15, 0.2) is 0 Å². The number of methoxy groups -OCH3 is 2. The molecule has 1 saturated carbocycles. The Bertz CT molecular complexity index is 2500. The highest BCUT2D eigenvalue weighted by molar-refractivity contribution is 5.91. The smallest absolute Gasteiger partial charge is 0.407 e. The molecule has 2 saturated heterocycles. The summed E-state index contributed by atoms with van der Waals surface area (Å²) in [5, 5.41) is 17.2. The molecule has 15 nitrogen and oxygen atoms in total. The van der Waals surface area contributed by atoms with Crippen LogP contribution in [0.3, 0.4) is 0 Å². The summed E-state index contributed by atoms with van der Waals surface area (Å²) < 4.78 is 9.52. The van der Waals surface area contributed by atoms with Crippen molar-refractivity contribution in [2.75, 3.05) is 27.3 Å². The lowest BCUT2D eigenvalue weighted by atomic mass is 9.98. The molecule has 316 valence electrons. The van der Waals surface area contributed by atoms with Crippen LogP contribution >= 0.6 is 0 Å². The minimum Gasteiger partial charge on any atom is -0.453 e. The van der Waals surface area contributed by atoms with Crippen molar-refractivity contribution in [3.8, 4) is 39.7 Å². The van der Waals surface area contributed by atoms with E-state index in [1.807, 2.05) is 37.9 Å². The van der Waals surface area contributed by atoms with Gasteiger partial charge in [0.2, 0.25) is 11.8 Å². The number of nitrogens with zero attached hydrogens (tertiary/aromatic N) is 5. The van der Waals surface area contributed by atoms with E-state index in [-0.39, 0.29) is 41.7 Å². The first-order chi connectivity index (χ1) is 29.4. The van der Waals surface area contributed by atoms with Gasteiger partial charge in [-0.2, -0.15) is 5.26 Å². The maximum absolute atomic E-state index is 13.9. The van der Waals surface area contributed by atoms with Gasteiger partial charge in [-0.15, -0.1) is 0 Å². The Labute approximate surface area is 354 Å². The standard InChI is InChI=1S/C46H51N9O6/c1-6-34(52-44(58)60-4)42(56)54-24-27(21-47)17-37(54)40-48-23-36(51-40)33-14-13-31-18-30(11-12-32(31)19-33)28-7-9-29(10-8-28)35-22-49-41(50-35)38-20-46(15-16-46)25-55(38)43(57)39(26(2)3)53-45(59)61-5/h7-14,18-19,22-23,26-27,34,37-39H,6,15-17,20,24-25H2,1-5H3,(H,48,51)(H,49,50)(H,52,58)(H,53,59)/t27-,34+,37?,38+,39+/m1/s1. The van der Waals surface area contributed by atoms with Crippen LogP contribution in [-0.4, -0.2) is 93.1 Å². The molecule has 3 fully saturated rings. The Hall–Kier alpha value is -6.69. The Morgan fingerprint density at radius 1 is 0.803 bits per heavy atom. The van der Waals surface area contributed by atoms with E-state index in [1.165, 1.54) is 14.2 Å². The van der Waals surface area contributed by atoms with E-state index in [1.54, 1.807) is 11.1 Å². The van der Waals surface area contributed by atoms with Crippen LogP contribution < -0.4 is 10.6 Å². The predicted octanol–water partition coefficient (Wildman–Crippen LogP) is 7.27. The monoisotopic (exact) mass is 825 g/mol. The van der Waals surface area contributed by atoms with Crippen molar-refractivity contribution < 1.29 is 28.7 Å². The normalized spacial score (nSPS) is 20.0. The molecule has 4 amide bonds. The molecule has 2 aliphatic heterocycles. The van der Waals surface area contributed by atoms with Crippen molar-refractivity contribution >= 4 is 34.8 Å². The molecule has 15 heteroatoms. The molecule has 5 aromatic rings. The Morgan fingerprint density at radius 2 is 1.38 bits per heavy atom. The van der Waals surface area contributed by atoms with Gasteiger partial charge < -0.3 is 39.9 Å². The number of aromatic nitrogens is 4. The minimum absolute atomic E-state index is 0.112. The third-order valence-electron chi connectivity index (χ3n) is 12.6.